The van der Waals surface area contributed by atoms with Gasteiger partial charge in [-0.15, -0.1) is 0 Å². The molecule has 1 rings (SSSR count). The number of piperidine rings is 1. The van der Waals surface area contributed by atoms with Gasteiger partial charge in [-0.1, -0.05) is 19.5 Å². The van der Waals surface area contributed by atoms with Gasteiger partial charge in [-0.05, 0) is 32.1 Å². The fourth-order valence-electron chi connectivity index (χ4n) is 2.07. The van der Waals surface area contributed by atoms with Gasteiger partial charge in [0.2, 0.25) is 0 Å². The maximum Gasteiger partial charge on any atom is 1.00 e. The SMILES string of the molecule is C=C[CH-][Si](C)(C)CN1CCCCC1.[Li+]. The van der Waals surface area contributed by atoms with Crippen LogP contribution in [0.15, 0.2) is 12.7 Å². The largest absolute Gasteiger partial charge is 1.00 e. The smallest absolute Gasteiger partial charge is 0.307 e. The van der Waals surface area contributed by atoms with Gasteiger partial charge in [0, 0.05) is 8.07 Å². The third kappa shape index (κ3) is 5.31. The molecule has 76 valence electrons. The van der Waals surface area contributed by atoms with Gasteiger partial charge in [0.15, 0.2) is 0 Å². The summed E-state index contributed by atoms with van der Waals surface area (Å²) in [4.78, 5) is 2.63. The third-order valence-electron chi connectivity index (χ3n) is 2.65. The summed E-state index contributed by atoms with van der Waals surface area (Å²) in [7, 11) is -1.11. The van der Waals surface area contributed by atoms with Crippen molar-refractivity contribution in [1.29, 1.82) is 0 Å². The molecule has 0 N–H and O–H groups in total. The molecule has 1 heterocycles. The fourth-order valence-corrected chi connectivity index (χ4v) is 4.28. The van der Waals surface area contributed by atoms with Crippen molar-refractivity contribution in [3.05, 3.63) is 18.7 Å². The summed E-state index contributed by atoms with van der Waals surface area (Å²) in [6, 6.07) is 2.35. The van der Waals surface area contributed by atoms with Crippen molar-refractivity contribution in [2.45, 2.75) is 32.4 Å². The molecule has 0 bridgehead atoms. The zero-order chi connectivity index (χ0) is 9.73. The van der Waals surface area contributed by atoms with E-state index >= 15 is 0 Å². The number of nitrogens with zero attached hydrogens (tertiary/aromatic N) is 1. The van der Waals surface area contributed by atoms with Crippen molar-refractivity contribution in [2.24, 2.45) is 0 Å². The van der Waals surface area contributed by atoms with Crippen molar-refractivity contribution >= 4 is 8.07 Å². The molecular weight excluding hydrogens is 181 g/mol. The van der Waals surface area contributed by atoms with Crippen LogP contribution in [0.2, 0.25) is 13.1 Å². The third-order valence-corrected chi connectivity index (χ3v) is 5.05. The Morgan fingerprint density at radius 1 is 1.29 bits per heavy atom. The minimum atomic E-state index is -1.11. The van der Waals surface area contributed by atoms with Gasteiger partial charge in [-0.2, -0.15) is 0 Å². The van der Waals surface area contributed by atoms with Crippen LogP contribution in [-0.4, -0.2) is 32.2 Å². The molecule has 1 nitrogen and oxygen atoms in total. The van der Waals surface area contributed by atoms with Crippen LogP contribution >= 0.6 is 0 Å². The van der Waals surface area contributed by atoms with Crippen molar-refractivity contribution in [3.8, 4) is 0 Å². The molecule has 0 spiro atoms. The van der Waals surface area contributed by atoms with E-state index in [0.29, 0.717) is 0 Å². The zero-order valence-electron chi connectivity index (χ0n) is 10.1. The predicted molar refractivity (Wildman–Crippen MR) is 62.3 cm³/mol. The van der Waals surface area contributed by atoms with E-state index in [0.717, 1.165) is 0 Å². The van der Waals surface area contributed by atoms with E-state index in [2.05, 4.69) is 30.6 Å². The summed E-state index contributed by atoms with van der Waals surface area (Å²) in [5.41, 5.74) is 0. The van der Waals surface area contributed by atoms with Gasteiger partial charge in [-0.25, -0.2) is 18.7 Å². The van der Waals surface area contributed by atoms with E-state index in [1.807, 2.05) is 6.08 Å². The quantitative estimate of drug-likeness (QED) is 0.446. The minimum Gasteiger partial charge on any atom is -0.307 e. The molecule has 1 aliphatic heterocycles. The molecule has 0 aliphatic carbocycles. The van der Waals surface area contributed by atoms with Gasteiger partial charge < -0.3 is 4.90 Å². The van der Waals surface area contributed by atoms with Crippen molar-refractivity contribution in [1.82, 2.24) is 4.90 Å². The molecule has 1 aliphatic rings. The Morgan fingerprint density at radius 3 is 2.36 bits per heavy atom. The predicted octanol–water partition coefficient (Wildman–Crippen LogP) is -0.347. The number of hydrogen-bond donors (Lipinski definition) is 0. The molecule has 1 saturated heterocycles. The first kappa shape index (κ1) is 14.4. The van der Waals surface area contributed by atoms with Crippen molar-refractivity contribution < 1.29 is 18.9 Å². The number of likely N-dealkylation sites (tertiary alicyclic amines) is 1. The van der Waals surface area contributed by atoms with Crippen LogP contribution in [0.3, 0.4) is 0 Å². The average Bonchev–Trinajstić information content (AvgIpc) is 2.04. The van der Waals surface area contributed by atoms with Gasteiger partial charge in [0.1, 0.15) is 0 Å². The molecule has 3 heteroatoms. The van der Waals surface area contributed by atoms with Gasteiger partial charge in [-0.3, -0.25) is 0 Å². The average molecular weight is 203 g/mol. The molecule has 0 amide bonds. The Morgan fingerprint density at radius 2 is 1.86 bits per heavy atom. The summed E-state index contributed by atoms with van der Waals surface area (Å²) in [6.45, 7) is 11.3. The van der Waals surface area contributed by atoms with E-state index in [1.54, 1.807) is 0 Å². The molecule has 0 aromatic carbocycles. The van der Waals surface area contributed by atoms with Crippen LogP contribution in [0.25, 0.3) is 0 Å². The molecule has 0 aromatic heterocycles. The zero-order valence-corrected chi connectivity index (χ0v) is 11.1. The topological polar surface area (TPSA) is 3.24 Å². The number of hydrogen-bond acceptors (Lipinski definition) is 1. The second-order valence-corrected chi connectivity index (χ2v) is 9.35. The first-order chi connectivity index (χ1) is 6.14. The van der Waals surface area contributed by atoms with Crippen LogP contribution in [0.1, 0.15) is 19.3 Å². The van der Waals surface area contributed by atoms with E-state index < -0.39 is 8.07 Å². The van der Waals surface area contributed by atoms with Gasteiger partial charge in [0.25, 0.3) is 0 Å². The molecule has 0 atom stereocenters. The summed E-state index contributed by atoms with van der Waals surface area (Å²) in [5.74, 6) is 0. The van der Waals surface area contributed by atoms with Crippen molar-refractivity contribution in [3.63, 3.8) is 0 Å². The first-order valence-electron chi connectivity index (χ1n) is 5.33. The molecule has 14 heavy (non-hydrogen) atoms. The number of rotatable bonds is 4. The van der Waals surface area contributed by atoms with Crippen LogP contribution in [0.4, 0.5) is 0 Å². The Kier molecular flexibility index (Phi) is 6.98. The van der Waals surface area contributed by atoms with Crippen LogP contribution in [0, 0.1) is 6.04 Å². The monoisotopic (exact) mass is 203 g/mol. The van der Waals surface area contributed by atoms with Gasteiger partial charge >= 0.3 is 18.9 Å². The Labute approximate surface area is 102 Å². The normalized spacial score (nSPS) is 18.4. The molecule has 0 radical (unpaired) electrons. The molecule has 0 unspecified atom stereocenters. The standard InChI is InChI=1S/C11H22NSi.Li/c1-4-10-13(2,3)11-12-8-6-5-7-9-12;/h4,10H,1,5-9,11H2,2-3H3;/q-1;+1. The fraction of sp³-hybridized carbons (Fsp3) is 0.727. The molecule has 1 fully saturated rings. The van der Waals surface area contributed by atoms with Crippen LogP contribution < -0.4 is 18.9 Å². The summed E-state index contributed by atoms with van der Waals surface area (Å²) in [6.07, 6.45) is 7.54. The Bertz CT molecular complexity index is 165. The van der Waals surface area contributed by atoms with Gasteiger partial charge in [0.05, 0.1) is 0 Å². The molecule has 0 saturated carbocycles. The van der Waals surface area contributed by atoms with Crippen molar-refractivity contribution in [2.75, 3.05) is 19.3 Å². The van der Waals surface area contributed by atoms with Crippen LogP contribution in [-0.2, 0) is 0 Å². The maximum atomic E-state index is 3.80. The number of allylic oxidation sites excluding steroid dienone is 1. The Hall–Kier alpha value is 0.384. The minimum absolute atomic E-state index is 0. The van der Waals surface area contributed by atoms with E-state index in [-0.39, 0.29) is 18.9 Å². The summed E-state index contributed by atoms with van der Waals surface area (Å²) >= 11 is 0. The van der Waals surface area contributed by atoms with E-state index in [1.165, 1.54) is 38.5 Å². The molecular formula is C11H22LiNSi. The maximum absolute atomic E-state index is 3.80. The van der Waals surface area contributed by atoms with E-state index in [4.69, 9.17) is 0 Å². The first-order valence-corrected chi connectivity index (χ1v) is 8.62. The Balaban J connectivity index is 0.00000169. The summed E-state index contributed by atoms with van der Waals surface area (Å²) < 4.78 is 0. The van der Waals surface area contributed by atoms with Crippen LogP contribution in [0.5, 0.6) is 0 Å². The second-order valence-electron chi connectivity index (χ2n) is 4.73. The second kappa shape index (κ2) is 6.79. The molecule has 0 aromatic rings. The summed E-state index contributed by atoms with van der Waals surface area (Å²) in [5, 5.41) is 0. The van der Waals surface area contributed by atoms with E-state index in [9.17, 15) is 0 Å².